The molecule has 12 nitrogen and oxygen atoms in total. The maximum absolute atomic E-state index is 12.5. The van der Waals surface area contributed by atoms with Gasteiger partial charge in [0.25, 0.3) is 0 Å². The summed E-state index contributed by atoms with van der Waals surface area (Å²) in [5, 5.41) is 23.8. The Morgan fingerprint density at radius 2 is 1.88 bits per heavy atom. The van der Waals surface area contributed by atoms with Crippen molar-refractivity contribution in [2.45, 2.75) is 62.9 Å². The number of nitrogens with two attached hydrogens (primary N) is 2. The first-order valence-electron chi connectivity index (χ1n) is 11.3. The third-order valence-corrected chi connectivity index (χ3v) is 6.70. The van der Waals surface area contributed by atoms with Crippen LogP contribution in [0.4, 0.5) is 17.6 Å². The number of rotatable bonds is 10. The zero-order chi connectivity index (χ0) is 24.1. The number of carboxylic acids is 2. The van der Waals surface area contributed by atoms with Gasteiger partial charge in [-0.3, -0.25) is 9.59 Å². The van der Waals surface area contributed by atoms with Crippen molar-refractivity contribution in [1.82, 2.24) is 20.2 Å². The first kappa shape index (κ1) is 24.5. The molecule has 0 bridgehead atoms. The number of carbonyl (C=O) groups is 3. The number of carboxylic acid groups (broad SMARTS) is 2. The number of hydrogen-bond acceptors (Lipinski definition) is 9. The minimum atomic E-state index is -1.21. The van der Waals surface area contributed by atoms with Crippen molar-refractivity contribution in [2.75, 3.05) is 36.9 Å². The molecule has 3 rings (SSSR count). The topological polar surface area (TPSA) is 197 Å². The van der Waals surface area contributed by atoms with E-state index in [1.165, 1.54) is 0 Å². The Morgan fingerprint density at radius 3 is 2.52 bits per heavy atom. The summed E-state index contributed by atoms with van der Waals surface area (Å²) in [6, 6.07) is -0.839. The second kappa shape index (κ2) is 10.6. The van der Waals surface area contributed by atoms with Crippen LogP contribution < -0.4 is 22.1 Å². The molecule has 1 aliphatic carbocycles. The molecule has 0 saturated heterocycles. The number of fused-ring (bicyclic) bond motifs is 1. The number of aliphatic carboxylic acids is 2. The number of aromatic nitrogens is 2. The van der Waals surface area contributed by atoms with Crippen LogP contribution in [0.15, 0.2) is 0 Å². The number of nitrogen functional groups attached to an aromatic ring is 2. The lowest BCUT2D eigenvalue weighted by Gasteiger charge is -2.35. The molecule has 2 aliphatic rings. The van der Waals surface area contributed by atoms with Crippen LogP contribution >= 0.6 is 0 Å². The Balaban J connectivity index is 1.45. The summed E-state index contributed by atoms with van der Waals surface area (Å²) in [5.74, 6) is -1.36. The highest BCUT2D eigenvalue weighted by atomic mass is 16.4. The molecule has 0 aromatic carbocycles. The third kappa shape index (κ3) is 6.21. The highest BCUT2D eigenvalue weighted by molar-refractivity contribution is 5.85. The Bertz CT molecular complexity index is 888. The largest absolute Gasteiger partial charge is 0.481 e. The summed E-state index contributed by atoms with van der Waals surface area (Å²) in [6.07, 6.45) is 3.46. The molecule has 33 heavy (non-hydrogen) atoms. The predicted molar refractivity (Wildman–Crippen MR) is 122 cm³/mol. The molecule has 182 valence electrons. The van der Waals surface area contributed by atoms with Crippen LogP contribution in [0.25, 0.3) is 0 Å². The molecular formula is C21H33N7O5. The van der Waals surface area contributed by atoms with Crippen LogP contribution in [-0.4, -0.2) is 75.1 Å². The fraction of sp³-hybridized carbons (Fsp3) is 0.667. The molecule has 1 amide bonds. The minimum absolute atomic E-state index is 0.129. The maximum atomic E-state index is 12.5. The van der Waals surface area contributed by atoms with Crippen LogP contribution in [0, 0.1) is 5.92 Å². The zero-order valence-electron chi connectivity index (χ0n) is 18.8. The molecule has 0 spiro atoms. The van der Waals surface area contributed by atoms with E-state index >= 15 is 0 Å². The molecule has 1 aromatic rings. The number of anilines is 3. The highest BCUT2D eigenvalue weighted by Crippen LogP contribution is 2.36. The SMILES string of the molecule is CN(CCC1CNc2nc(N)nc(N)c21)C1CCC(C(=O)N[C@@H](CCC(=O)O)C(=O)O)CC1. The number of hydrogen-bond donors (Lipinski definition) is 6. The predicted octanol–water partition coefficient (Wildman–Crippen LogP) is 0.465. The van der Waals surface area contributed by atoms with Crippen LogP contribution in [0.3, 0.4) is 0 Å². The molecule has 1 fully saturated rings. The molecule has 12 heteroatoms. The van der Waals surface area contributed by atoms with E-state index in [-0.39, 0.29) is 36.5 Å². The number of nitrogens with zero attached hydrogens (tertiary/aromatic N) is 3. The third-order valence-electron chi connectivity index (χ3n) is 6.70. The van der Waals surface area contributed by atoms with Gasteiger partial charge in [0, 0.05) is 36.4 Å². The quantitative estimate of drug-likeness (QED) is 0.282. The van der Waals surface area contributed by atoms with Gasteiger partial charge in [0.2, 0.25) is 11.9 Å². The fourth-order valence-corrected chi connectivity index (χ4v) is 4.75. The van der Waals surface area contributed by atoms with E-state index in [1.54, 1.807) is 0 Å². The number of carbonyl (C=O) groups excluding carboxylic acids is 1. The van der Waals surface area contributed by atoms with Gasteiger partial charge in [-0.25, -0.2) is 4.79 Å². The standard InChI is InChI=1S/C21H33N7O5/c1-28(9-8-12-10-24-18-16(12)17(22)26-21(23)27-18)13-4-2-11(3-5-13)19(31)25-14(20(32)33)6-7-15(29)30/h11-14H,2-10H2,1H3,(H,25,31)(H,29,30)(H,32,33)(H5,22,23,24,26,27)/t11?,12?,13?,14-/m0/s1. The molecular weight excluding hydrogens is 430 g/mol. The fourth-order valence-electron chi connectivity index (χ4n) is 4.75. The van der Waals surface area contributed by atoms with E-state index in [9.17, 15) is 19.5 Å². The first-order valence-corrected chi connectivity index (χ1v) is 11.3. The minimum Gasteiger partial charge on any atom is -0.481 e. The highest BCUT2D eigenvalue weighted by Gasteiger charge is 2.32. The van der Waals surface area contributed by atoms with Gasteiger partial charge in [-0.15, -0.1) is 0 Å². The van der Waals surface area contributed by atoms with Crippen molar-refractivity contribution in [3.63, 3.8) is 0 Å². The van der Waals surface area contributed by atoms with Crippen LogP contribution in [0.5, 0.6) is 0 Å². The summed E-state index contributed by atoms with van der Waals surface area (Å²) >= 11 is 0. The van der Waals surface area contributed by atoms with Gasteiger partial charge >= 0.3 is 11.9 Å². The van der Waals surface area contributed by atoms with E-state index in [4.69, 9.17) is 16.6 Å². The van der Waals surface area contributed by atoms with E-state index in [1.807, 2.05) is 0 Å². The van der Waals surface area contributed by atoms with Gasteiger partial charge < -0.3 is 37.2 Å². The maximum Gasteiger partial charge on any atom is 0.326 e. The molecule has 2 heterocycles. The second-order valence-electron chi connectivity index (χ2n) is 8.91. The van der Waals surface area contributed by atoms with E-state index in [0.29, 0.717) is 30.5 Å². The summed E-state index contributed by atoms with van der Waals surface area (Å²) in [5.41, 5.74) is 12.6. The summed E-state index contributed by atoms with van der Waals surface area (Å²) in [4.78, 5) is 45.2. The lowest BCUT2D eigenvalue weighted by atomic mass is 9.84. The average molecular weight is 464 g/mol. The monoisotopic (exact) mass is 463 g/mol. The van der Waals surface area contributed by atoms with E-state index < -0.39 is 18.0 Å². The lowest BCUT2D eigenvalue weighted by Crippen LogP contribution is -2.46. The molecule has 1 saturated carbocycles. The Morgan fingerprint density at radius 1 is 1.18 bits per heavy atom. The second-order valence-corrected chi connectivity index (χ2v) is 8.91. The zero-order valence-corrected chi connectivity index (χ0v) is 18.8. The number of nitrogens with one attached hydrogen (secondary N) is 2. The van der Waals surface area contributed by atoms with Gasteiger partial charge in [-0.1, -0.05) is 0 Å². The summed E-state index contributed by atoms with van der Waals surface area (Å²) in [7, 11) is 2.07. The van der Waals surface area contributed by atoms with Crippen molar-refractivity contribution < 1.29 is 24.6 Å². The molecule has 0 radical (unpaired) electrons. The summed E-state index contributed by atoms with van der Waals surface area (Å²) < 4.78 is 0. The van der Waals surface area contributed by atoms with Crippen molar-refractivity contribution >= 4 is 35.4 Å². The van der Waals surface area contributed by atoms with E-state index in [2.05, 4.69) is 32.5 Å². The first-order chi connectivity index (χ1) is 15.7. The smallest absolute Gasteiger partial charge is 0.326 e. The van der Waals surface area contributed by atoms with Crippen molar-refractivity contribution in [3.8, 4) is 0 Å². The normalized spacial score (nSPS) is 22.9. The summed E-state index contributed by atoms with van der Waals surface area (Å²) in [6.45, 7) is 1.60. The Labute approximate surface area is 192 Å². The molecule has 8 N–H and O–H groups in total. The molecule has 1 aromatic heterocycles. The molecule has 2 atom stereocenters. The van der Waals surface area contributed by atoms with Crippen molar-refractivity contribution in [1.29, 1.82) is 0 Å². The average Bonchev–Trinajstić information content (AvgIpc) is 3.17. The van der Waals surface area contributed by atoms with Gasteiger partial charge in [0.05, 0.1) is 0 Å². The van der Waals surface area contributed by atoms with Gasteiger partial charge in [0.1, 0.15) is 17.7 Å². The Kier molecular flexibility index (Phi) is 7.90. The van der Waals surface area contributed by atoms with Gasteiger partial charge in [-0.2, -0.15) is 9.97 Å². The van der Waals surface area contributed by atoms with Gasteiger partial charge in [0.15, 0.2) is 0 Å². The lowest BCUT2D eigenvalue weighted by molar-refractivity contribution is -0.144. The Hall–Kier alpha value is -3.15. The van der Waals surface area contributed by atoms with Crippen molar-refractivity contribution in [2.24, 2.45) is 5.92 Å². The van der Waals surface area contributed by atoms with Gasteiger partial charge in [-0.05, 0) is 52.1 Å². The van der Waals surface area contributed by atoms with Crippen LogP contribution in [0.1, 0.15) is 56.4 Å². The van der Waals surface area contributed by atoms with E-state index in [0.717, 1.165) is 37.9 Å². The molecule has 1 aliphatic heterocycles. The van der Waals surface area contributed by atoms with Crippen LogP contribution in [-0.2, 0) is 14.4 Å². The van der Waals surface area contributed by atoms with Crippen molar-refractivity contribution in [3.05, 3.63) is 5.56 Å². The number of amides is 1. The molecule has 1 unspecified atom stereocenters. The van der Waals surface area contributed by atoms with Crippen LogP contribution in [0.2, 0.25) is 0 Å².